The van der Waals surface area contributed by atoms with Crippen molar-refractivity contribution in [2.24, 2.45) is 5.92 Å². The molecular formula is C12H21F3O2. The topological polar surface area (TPSA) is 26.3 Å². The van der Waals surface area contributed by atoms with Crippen LogP contribution >= 0.6 is 0 Å². The normalized spacial score (nSPS) is 13.5. The van der Waals surface area contributed by atoms with Crippen molar-refractivity contribution in [1.29, 1.82) is 0 Å². The minimum atomic E-state index is -4.05. The van der Waals surface area contributed by atoms with Gasteiger partial charge in [-0.2, -0.15) is 13.2 Å². The first-order valence-corrected chi connectivity index (χ1v) is 6.10. The van der Waals surface area contributed by atoms with E-state index in [4.69, 9.17) is 4.74 Å². The molecule has 0 bridgehead atoms. The fourth-order valence-electron chi connectivity index (χ4n) is 1.26. The van der Waals surface area contributed by atoms with E-state index in [1.807, 2.05) is 6.92 Å². The maximum atomic E-state index is 11.8. The first-order valence-electron chi connectivity index (χ1n) is 6.10. The Morgan fingerprint density at radius 2 is 1.76 bits per heavy atom. The van der Waals surface area contributed by atoms with Gasteiger partial charge in [0.2, 0.25) is 0 Å². The first-order chi connectivity index (χ1) is 7.87. The molecule has 0 rings (SSSR count). The van der Waals surface area contributed by atoms with Gasteiger partial charge in [0, 0.05) is 6.42 Å². The molecule has 1 unspecified atom stereocenters. The molecule has 0 spiro atoms. The van der Waals surface area contributed by atoms with Gasteiger partial charge in [-0.3, -0.25) is 4.79 Å². The van der Waals surface area contributed by atoms with E-state index in [1.54, 1.807) is 6.92 Å². The molecule has 1 atom stereocenters. The van der Waals surface area contributed by atoms with Crippen LogP contribution in [0.2, 0.25) is 0 Å². The average molecular weight is 254 g/mol. The molecule has 17 heavy (non-hydrogen) atoms. The lowest BCUT2D eigenvalue weighted by Gasteiger charge is -2.09. The van der Waals surface area contributed by atoms with Crippen molar-refractivity contribution in [3.8, 4) is 0 Å². The second-order valence-corrected chi connectivity index (χ2v) is 4.26. The van der Waals surface area contributed by atoms with Gasteiger partial charge >= 0.3 is 12.1 Å². The minimum Gasteiger partial charge on any atom is -0.465 e. The van der Waals surface area contributed by atoms with Gasteiger partial charge in [0.1, 0.15) is 0 Å². The van der Waals surface area contributed by atoms with Crippen molar-refractivity contribution in [1.82, 2.24) is 0 Å². The molecule has 0 aliphatic heterocycles. The Balaban J connectivity index is 3.33. The molecule has 0 aromatic carbocycles. The molecule has 0 radical (unpaired) electrons. The van der Waals surface area contributed by atoms with Crippen LogP contribution < -0.4 is 0 Å². The van der Waals surface area contributed by atoms with E-state index in [0.717, 1.165) is 6.42 Å². The summed E-state index contributed by atoms with van der Waals surface area (Å²) in [5.74, 6) is -0.317. The molecule has 0 N–H and O–H groups in total. The van der Waals surface area contributed by atoms with Gasteiger partial charge in [-0.1, -0.05) is 26.7 Å². The molecule has 0 saturated carbocycles. The molecule has 0 aliphatic carbocycles. The number of rotatable bonds is 8. The van der Waals surface area contributed by atoms with Gasteiger partial charge in [0.25, 0.3) is 0 Å². The van der Waals surface area contributed by atoms with E-state index in [9.17, 15) is 18.0 Å². The quantitative estimate of drug-likeness (QED) is 0.481. The van der Waals surface area contributed by atoms with E-state index in [-0.39, 0.29) is 18.3 Å². The van der Waals surface area contributed by atoms with Crippen LogP contribution in [0.5, 0.6) is 0 Å². The Hall–Kier alpha value is -0.740. The summed E-state index contributed by atoms with van der Waals surface area (Å²) in [6.45, 7) is 4.02. The summed E-state index contributed by atoms with van der Waals surface area (Å²) in [4.78, 5) is 11.2. The molecule has 2 nitrogen and oxygen atoms in total. The van der Waals surface area contributed by atoms with Crippen molar-refractivity contribution in [3.63, 3.8) is 0 Å². The van der Waals surface area contributed by atoms with Crippen molar-refractivity contribution in [2.45, 2.75) is 58.5 Å². The molecule has 0 amide bonds. The van der Waals surface area contributed by atoms with Crippen molar-refractivity contribution < 1.29 is 22.7 Å². The van der Waals surface area contributed by atoms with Crippen LogP contribution in [-0.2, 0) is 9.53 Å². The Morgan fingerprint density at radius 3 is 2.29 bits per heavy atom. The summed E-state index contributed by atoms with van der Waals surface area (Å²) < 4.78 is 40.4. The summed E-state index contributed by atoms with van der Waals surface area (Å²) in [6, 6.07) is 0. The number of alkyl halides is 3. The third kappa shape index (κ3) is 10.1. The molecular weight excluding hydrogens is 233 g/mol. The molecule has 102 valence electrons. The third-order valence-corrected chi connectivity index (χ3v) is 2.61. The average Bonchev–Trinajstić information content (AvgIpc) is 2.24. The van der Waals surface area contributed by atoms with Gasteiger partial charge in [0.15, 0.2) is 0 Å². The smallest absolute Gasteiger partial charge is 0.389 e. The predicted molar refractivity (Wildman–Crippen MR) is 59.6 cm³/mol. The van der Waals surface area contributed by atoms with E-state index < -0.39 is 12.6 Å². The highest BCUT2D eigenvalue weighted by molar-refractivity contribution is 5.71. The molecule has 5 heteroatoms. The van der Waals surface area contributed by atoms with Crippen molar-refractivity contribution >= 4 is 5.97 Å². The summed E-state index contributed by atoms with van der Waals surface area (Å²) in [5, 5.41) is 0. The summed E-state index contributed by atoms with van der Waals surface area (Å²) in [7, 11) is 0. The van der Waals surface area contributed by atoms with Gasteiger partial charge in [0.05, 0.1) is 12.5 Å². The molecule has 0 saturated heterocycles. The second kappa shape index (κ2) is 8.37. The van der Waals surface area contributed by atoms with Crippen LogP contribution in [0.3, 0.4) is 0 Å². The van der Waals surface area contributed by atoms with Gasteiger partial charge in [-0.15, -0.1) is 0 Å². The maximum absolute atomic E-state index is 11.8. The zero-order valence-corrected chi connectivity index (χ0v) is 10.5. The fraction of sp³-hybridized carbons (Fsp3) is 0.917. The molecule has 0 aromatic rings. The third-order valence-electron chi connectivity index (χ3n) is 2.61. The zero-order chi connectivity index (χ0) is 13.3. The highest BCUT2D eigenvalue weighted by atomic mass is 19.4. The van der Waals surface area contributed by atoms with Crippen LogP contribution in [0.25, 0.3) is 0 Å². The molecule has 0 fully saturated rings. The largest absolute Gasteiger partial charge is 0.465 e. The summed E-state index contributed by atoms with van der Waals surface area (Å²) in [6.07, 6.45) is -2.04. The number of unbranched alkanes of at least 4 members (excludes halogenated alkanes) is 3. The summed E-state index contributed by atoms with van der Waals surface area (Å²) in [5.41, 5.74) is 0. The van der Waals surface area contributed by atoms with Gasteiger partial charge < -0.3 is 4.74 Å². The molecule has 0 aliphatic rings. The van der Waals surface area contributed by atoms with E-state index in [2.05, 4.69) is 0 Å². The van der Waals surface area contributed by atoms with Gasteiger partial charge in [-0.05, 0) is 19.3 Å². The number of ether oxygens (including phenoxy) is 1. The first kappa shape index (κ1) is 16.3. The maximum Gasteiger partial charge on any atom is 0.389 e. The number of hydrogen-bond acceptors (Lipinski definition) is 2. The van der Waals surface area contributed by atoms with Crippen LogP contribution in [0, 0.1) is 5.92 Å². The second-order valence-electron chi connectivity index (χ2n) is 4.26. The van der Waals surface area contributed by atoms with Crippen LogP contribution in [0.4, 0.5) is 13.2 Å². The zero-order valence-electron chi connectivity index (χ0n) is 10.5. The Morgan fingerprint density at radius 1 is 1.18 bits per heavy atom. The van der Waals surface area contributed by atoms with E-state index in [0.29, 0.717) is 25.9 Å². The Labute approximate surface area is 101 Å². The summed E-state index contributed by atoms with van der Waals surface area (Å²) >= 11 is 0. The lowest BCUT2D eigenvalue weighted by molar-refractivity contribution is -0.148. The number of carbonyl (C=O) groups excluding carboxylic acids is 1. The molecule has 0 aromatic heterocycles. The Kier molecular flexibility index (Phi) is 8.00. The van der Waals surface area contributed by atoms with Crippen molar-refractivity contribution in [2.75, 3.05) is 6.61 Å². The number of hydrogen-bond donors (Lipinski definition) is 0. The predicted octanol–water partition coefficient (Wildman–Crippen LogP) is 4.09. The fourth-order valence-corrected chi connectivity index (χ4v) is 1.26. The lowest BCUT2D eigenvalue weighted by atomic mass is 10.1. The lowest BCUT2D eigenvalue weighted by Crippen LogP contribution is -2.14. The molecule has 0 heterocycles. The standard InChI is InChI=1S/C12H21F3O2/c1-3-10(2)11(16)17-9-7-5-4-6-8-12(13,14)15/h10H,3-9H2,1-2H3. The monoisotopic (exact) mass is 254 g/mol. The number of halogens is 3. The number of esters is 1. The Bertz CT molecular complexity index is 214. The van der Waals surface area contributed by atoms with Gasteiger partial charge in [-0.25, -0.2) is 0 Å². The van der Waals surface area contributed by atoms with Crippen LogP contribution in [-0.4, -0.2) is 18.8 Å². The van der Waals surface area contributed by atoms with E-state index in [1.165, 1.54) is 0 Å². The van der Waals surface area contributed by atoms with E-state index >= 15 is 0 Å². The highest BCUT2D eigenvalue weighted by Gasteiger charge is 2.25. The highest BCUT2D eigenvalue weighted by Crippen LogP contribution is 2.22. The SMILES string of the molecule is CCC(C)C(=O)OCCCCCCC(F)(F)F. The minimum absolute atomic E-state index is 0.0970. The number of carbonyl (C=O) groups is 1. The van der Waals surface area contributed by atoms with Crippen LogP contribution in [0.15, 0.2) is 0 Å². The van der Waals surface area contributed by atoms with Crippen molar-refractivity contribution in [3.05, 3.63) is 0 Å². The van der Waals surface area contributed by atoms with Crippen LogP contribution in [0.1, 0.15) is 52.4 Å².